The van der Waals surface area contributed by atoms with E-state index in [0.717, 1.165) is 19.3 Å². The first-order valence-corrected chi connectivity index (χ1v) is 9.02. The Hall–Kier alpha value is -0.0800. The molecule has 22 heavy (non-hydrogen) atoms. The third kappa shape index (κ3) is 4.71. The first-order valence-electron chi connectivity index (χ1n) is 9.02. The van der Waals surface area contributed by atoms with Gasteiger partial charge in [-0.15, -0.1) is 0 Å². The number of nitrogens with zero attached hydrogens (tertiary/aromatic N) is 1. The highest BCUT2D eigenvalue weighted by Gasteiger charge is 2.52. The average molecular weight is 312 g/mol. The Balaban J connectivity index is 3.15. The van der Waals surface area contributed by atoms with Gasteiger partial charge in [0.05, 0.1) is 11.7 Å². The summed E-state index contributed by atoms with van der Waals surface area (Å²) in [6, 6.07) is 0.488. The Labute approximate surface area is 140 Å². The summed E-state index contributed by atoms with van der Waals surface area (Å²) < 4.78 is 6.83. The highest BCUT2D eigenvalue weighted by Crippen LogP contribution is 2.48. The van der Waals surface area contributed by atoms with Gasteiger partial charge in [-0.3, -0.25) is 4.90 Å². The average Bonchev–Trinajstić information content (AvgIpc) is 2.64. The fourth-order valence-corrected chi connectivity index (χ4v) is 3.91. The second-order valence-electron chi connectivity index (χ2n) is 10.7. The summed E-state index contributed by atoms with van der Waals surface area (Å²) in [7, 11) is 2.27. The number of hydrogen-bond acceptors (Lipinski definition) is 2. The molecule has 3 unspecified atom stereocenters. The van der Waals surface area contributed by atoms with E-state index in [2.05, 4.69) is 81.2 Å². The monoisotopic (exact) mass is 311 g/mol. The minimum Gasteiger partial charge on any atom is -0.370 e. The first-order chi connectivity index (χ1) is 9.61. The van der Waals surface area contributed by atoms with Crippen LogP contribution in [0.5, 0.6) is 0 Å². The number of ether oxygens (including phenoxy) is 1. The molecule has 1 rings (SSSR count). The largest absolute Gasteiger partial charge is 0.370 e. The van der Waals surface area contributed by atoms with E-state index in [1.54, 1.807) is 0 Å². The van der Waals surface area contributed by atoms with Crippen LogP contribution in [0.4, 0.5) is 0 Å². The second kappa shape index (κ2) is 6.09. The molecule has 0 bridgehead atoms. The lowest BCUT2D eigenvalue weighted by Crippen LogP contribution is -2.51. The minimum absolute atomic E-state index is 0.0281. The molecule has 0 radical (unpaired) electrons. The molecule has 0 saturated carbocycles. The van der Waals surface area contributed by atoms with Crippen molar-refractivity contribution in [2.24, 2.45) is 10.8 Å². The van der Waals surface area contributed by atoms with Crippen LogP contribution in [-0.4, -0.2) is 35.2 Å². The van der Waals surface area contributed by atoms with Gasteiger partial charge < -0.3 is 4.74 Å². The van der Waals surface area contributed by atoms with Gasteiger partial charge >= 0.3 is 0 Å². The Bertz CT molecular complexity index is 369. The topological polar surface area (TPSA) is 12.5 Å². The Morgan fingerprint density at radius 1 is 1.00 bits per heavy atom. The molecular weight excluding hydrogens is 270 g/mol. The Morgan fingerprint density at radius 3 is 1.82 bits per heavy atom. The molecule has 2 nitrogen and oxygen atoms in total. The van der Waals surface area contributed by atoms with Crippen LogP contribution in [0.2, 0.25) is 0 Å². The third-order valence-corrected chi connectivity index (χ3v) is 5.21. The van der Waals surface area contributed by atoms with E-state index in [4.69, 9.17) is 4.74 Å². The van der Waals surface area contributed by atoms with Crippen molar-refractivity contribution in [3.63, 3.8) is 0 Å². The van der Waals surface area contributed by atoms with Crippen LogP contribution in [0.25, 0.3) is 0 Å². The summed E-state index contributed by atoms with van der Waals surface area (Å²) in [5.41, 5.74) is 0.663. The predicted molar refractivity (Wildman–Crippen MR) is 97.3 cm³/mol. The lowest BCUT2D eigenvalue weighted by molar-refractivity contribution is -0.109. The van der Waals surface area contributed by atoms with Crippen LogP contribution in [0.15, 0.2) is 0 Å². The molecule has 0 spiro atoms. The summed E-state index contributed by atoms with van der Waals surface area (Å²) in [6.45, 7) is 23.2. The maximum Gasteiger partial charge on any atom is 0.0787 e. The van der Waals surface area contributed by atoms with Gasteiger partial charge in [0.15, 0.2) is 0 Å². The van der Waals surface area contributed by atoms with Gasteiger partial charge in [-0.25, -0.2) is 0 Å². The quantitative estimate of drug-likeness (QED) is 0.682. The molecule has 132 valence electrons. The molecule has 1 aliphatic rings. The van der Waals surface area contributed by atoms with Crippen molar-refractivity contribution in [1.29, 1.82) is 0 Å². The van der Waals surface area contributed by atoms with Gasteiger partial charge in [-0.05, 0) is 57.9 Å². The molecule has 1 fully saturated rings. The van der Waals surface area contributed by atoms with Crippen LogP contribution in [0.3, 0.4) is 0 Å². The SMILES string of the molecule is CCC1(CC(C)(C)C)CC(N(C)C(C)(C)C)C(C(C)(C)C)O1. The van der Waals surface area contributed by atoms with E-state index >= 15 is 0 Å². The highest BCUT2D eigenvalue weighted by molar-refractivity contribution is 5.04. The minimum atomic E-state index is 0.0281. The molecule has 1 aliphatic heterocycles. The Morgan fingerprint density at radius 2 is 1.50 bits per heavy atom. The highest BCUT2D eigenvalue weighted by atomic mass is 16.5. The van der Waals surface area contributed by atoms with Crippen molar-refractivity contribution in [1.82, 2.24) is 4.90 Å². The van der Waals surface area contributed by atoms with E-state index in [9.17, 15) is 0 Å². The molecule has 0 aliphatic carbocycles. The maximum atomic E-state index is 6.83. The molecule has 0 aromatic rings. The van der Waals surface area contributed by atoms with Gasteiger partial charge in [0.25, 0.3) is 0 Å². The Kier molecular flexibility index (Phi) is 5.53. The molecule has 0 amide bonds. The molecule has 0 N–H and O–H groups in total. The van der Waals surface area contributed by atoms with Gasteiger partial charge in [0.1, 0.15) is 0 Å². The van der Waals surface area contributed by atoms with Crippen LogP contribution in [0, 0.1) is 10.8 Å². The smallest absolute Gasteiger partial charge is 0.0787 e. The van der Waals surface area contributed by atoms with Crippen LogP contribution < -0.4 is 0 Å². The second-order valence-corrected chi connectivity index (χ2v) is 10.7. The molecule has 0 aromatic heterocycles. The lowest BCUT2D eigenvalue weighted by Gasteiger charge is -2.42. The van der Waals surface area contributed by atoms with Gasteiger partial charge in [0.2, 0.25) is 0 Å². The van der Waals surface area contributed by atoms with E-state index in [1.165, 1.54) is 0 Å². The third-order valence-electron chi connectivity index (χ3n) is 5.21. The van der Waals surface area contributed by atoms with Crippen LogP contribution in [-0.2, 0) is 4.74 Å². The van der Waals surface area contributed by atoms with E-state index in [-0.39, 0.29) is 16.6 Å². The fraction of sp³-hybridized carbons (Fsp3) is 1.00. The van der Waals surface area contributed by atoms with E-state index < -0.39 is 0 Å². The summed E-state index contributed by atoms with van der Waals surface area (Å²) >= 11 is 0. The molecule has 3 atom stereocenters. The molecule has 0 aromatic carbocycles. The normalized spacial score (nSPS) is 31.1. The number of hydrogen-bond donors (Lipinski definition) is 0. The summed E-state index contributed by atoms with van der Waals surface area (Å²) in [4.78, 5) is 2.54. The summed E-state index contributed by atoms with van der Waals surface area (Å²) in [6.07, 6.45) is 3.68. The van der Waals surface area contributed by atoms with Crippen molar-refractivity contribution in [2.75, 3.05) is 7.05 Å². The van der Waals surface area contributed by atoms with Gasteiger partial charge in [0, 0.05) is 11.6 Å². The standard InChI is InChI=1S/C20H41NO/c1-12-20(14-17(2,3)4)13-15(21(11)19(8,9)10)16(22-20)18(5,6)7/h15-16H,12-14H2,1-11H3. The fourth-order valence-electron chi connectivity index (χ4n) is 3.91. The number of rotatable bonds is 3. The van der Waals surface area contributed by atoms with Crippen molar-refractivity contribution >= 4 is 0 Å². The number of likely N-dealkylation sites (N-methyl/N-ethyl adjacent to an activating group) is 1. The van der Waals surface area contributed by atoms with Crippen molar-refractivity contribution in [2.45, 2.75) is 112 Å². The predicted octanol–water partition coefficient (Wildman–Crippen LogP) is 5.51. The van der Waals surface area contributed by atoms with E-state index in [1.807, 2.05) is 0 Å². The van der Waals surface area contributed by atoms with Crippen molar-refractivity contribution < 1.29 is 4.74 Å². The molecule has 1 heterocycles. The van der Waals surface area contributed by atoms with Gasteiger partial charge in [-0.1, -0.05) is 48.5 Å². The van der Waals surface area contributed by atoms with Crippen LogP contribution >= 0.6 is 0 Å². The van der Waals surface area contributed by atoms with E-state index in [0.29, 0.717) is 17.6 Å². The van der Waals surface area contributed by atoms with Crippen molar-refractivity contribution in [3.05, 3.63) is 0 Å². The first kappa shape index (κ1) is 20.0. The van der Waals surface area contributed by atoms with Crippen LogP contribution in [0.1, 0.15) is 88.5 Å². The zero-order chi connectivity index (χ0) is 17.6. The van der Waals surface area contributed by atoms with Gasteiger partial charge in [-0.2, -0.15) is 0 Å². The lowest BCUT2D eigenvalue weighted by atomic mass is 9.77. The van der Waals surface area contributed by atoms with Crippen molar-refractivity contribution in [3.8, 4) is 0 Å². The maximum absolute atomic E-state index is 6.83. The zero-order valence-electron chi connectivity index (χ0n) is 17.1. The summed E-state index contributed by atoms with van der Waals surface area (Å²) in [5.74, 6) is 0. The zero-order valence-corrected chi connectivity index (χ0v) is 17.1. The molecule has 1 saturated heterocycles. The summed E-state index contributed by atoms with van der Waals surface area (Å²) in [5, 5.41) is 0. The molecular formula is C20H41NO. The molecule has 2 heteroatoms.